The highest BCUT2D eigenvalue weighted by molar-refractivity contribution is 5.82. The van der Waals surface area contributed by atoms with E-state index in [1.54, 1.807) is 0 Å². The Morgan fingerprint density at radius 1 is 0.882 bits per heavy atom. The van der Waals surface area contributed by atoms with Crippen LogP contribution < -0.4 is 9.47 Å². The summed E-state index contributed by atoms with van der Waals surface area (Å²) in [5.74, 6) is 2.19. The second-order valence-electron chi connectivity index (χ2n) is 8.59. The maximum Gasteiger partial charge on any atom is 0.157 e. The number of aromatic amines is 1. The molecule has 1 N–H and O–H groups in total. The van der Waals surface area contributed by atoms with Crippen LogP contribution in [0, 0.1) is 6.92 Å². The molecule has 0 bridgehead atoms. The molecule has 0 amide bonds. The zero-order valence-electron chi connectivity index (χ0n) is 19.6. The van der Waals surface area contributed by atoms with Crippen molar-refractivity contribution < 1.29 is 9.47 Å². The Hall–Kier alpha value is -4.12. The third-order valence-electron chi connectivity index (χ3n) is 5.61. The molecule has 5 heteroatoms. The molecule has 0 fully saturated rings. The standard InChI is InChI=1S/C29H27N3O2/c1-19(2)34-27-16-23(33-18-21-10-5-4-6-11-21)13-14-25(27)28-31-26-15-22(17-30-29(26)32-28)24-12-8-7-9-20(24)3/h4-17,19H,18H2,1-3H3,(H,30,31,32). The number of hydrogen-bond acceptors (Lipinski definition) is 4. The van der Waals surface area contributed by atoms with E-state index < -0.39 is 0 Å². The molecule has 0 saturated carbocycles. The first kappa shape index (κ1) is 21.7. The number of H-pyrrole nitrogens is 1. The number of nitrogens with zero attached hydrogens (tertiary/aromatic N) is 2. The summed E-state index contributed by atoms with van der Waals surface area (Å²) in [4.78, 5) is 12.8. The quantitative estimate of drug-likeness (QED) is 0.292. The Morgan fingerprint density at radius 3 is 2.47 bits per heavy atom. The number of nitrogens with one attached hydrogen (secondary N) is 1. The lowest BCUT2D eigenvalue weighted by Crippen LogP contribution is -2.07. The van der Waals surface area contributed by atoms with Gasteiger partial charge in [0.15, 0.2) is 5.65 Å². The summed E-state index contributed by atoms with van der Waals surface area (Å²) in [5, 5.41) is 0. The fraction of sp³-hybridized carbons (Fsp3) is 0.172. The smallest absolute Gasteiger partial charge is 0.157 e. The molecular formula is C29H27N3O2. The van der Waals surface area contributed by atoms with E-state index >= 15 is 0 Å². The summed E-state index contributed by atoms with van der Waals surface area (Å²) in [6, 6.07) is 26.3. The lowest BCUT2D eigenvalue weighted by molar-refractivity contribution is 0.240. The van der Waals surface area contributed by atoms with Crippen LogP contribution >= 0.6 is 0 Å². The van der Waals surface area contributed by atoms with Crippen LogP contribution in [0.25, 0.3) is 33.7 Å². The van der Waals surface area contributed by atoms with Gasteiger partial charge in [-0.25, -0.2) is 9.97 Å². The van der Waals surface area contributed by atoms with Gasteiger partial charge in [-0.3, -0.25) is 0 Å². The summed E-state index contributed by atoms with van der Waals surface area (Å²) in [7, 11) is 0. The molecule has 0 aliphatic rings. The maximum atomic E-state index is 6.14. The molecule has 2 aromatic heterocycles. The average Bonchev–Trinajstić information content (AvgIpc) is 3.26. The lowest BCUT2D eigenvalue weighted by Gasteiger charge is -2.15. The molecule has 0 aliphatic carbocycles. The number of pyridine rings is 1. The van der Waals surface area contributed by atoms with Gasteiger partial charge >= 0.3 is 0 Å². The molecule has 0 unspecified atom stereocenters. The number of aromatic nitrogens is 3. The molecule has 5 aromatic rings. The SMILES string of the molecule is Cc1ccccc1-c1cnc2[nH]c(-c3ccc(OCc4ccccc4)cc3OC(C)C)nc2c1. The van der Waals surface area contributed by atoms with Crippen LogP contribution in [0.5, 0.6) is 11.5 Å². The molecule has 0 saturated heterocycles. The van der Waals surface area contributed by atoms with Crippen LogP contribution in [-0.2, 0) is 6.61 Å². The first-order valence-corrected chi connectivity index (χ1v) is 11.5. The number of imidazole rings is 1. The summed E-state index contributed by atoms with van der Waals surface area (Å²) in [6.07, 6.45) is 1.90. The topological polar surface area (TPSA) is 60.0 Å². The van der Waals surface area contributed by atoms with Gasteiger partial charge in [-0.1, -0.05) is 54.6 Å². The van der Waals surface area contributed by atoms with E-state index in [0.717, 1.165) is 50.7 Å². The van der Waals surface area contributed by atoms with Crippen LogP contribution in [0.1, 0.15) is 25.0 Å². The zero-order chi connectivity index (χ0) is 23.5. The predicted octanol–water partition coefficient (Wildman–Crippen LogP) is 6.97. The lowest BCUT2D eigenvalue weighted by atomic mass is 10.0. The molecule has 34 heavy (non-hydrogen) atoms. The Kier molecular flexibility index (Phi) is 6.00. The van der Waals surface area contributed by atoms with Gasteiger partial charge < -0.3 is 14.5 Å². The maximum absolute atomic E-state index is 6.14. The molecule has 5 rings (SSSR count). The molecule has 170 valence electrons. The van der Waals surface area contributed by atoms with E-state index in [1.807, 2.05) is 80.7 Å². The first-order valence-electron chi connectivity index (χ1n) is 11.5. The molecular weight excluding hydrogens is 422 g/mol. The molecule has 0 radical (unpaired) electrons. The van der Waals surface area contributed by atoms with Gasteiger partial charge in [0.25, 0.3) is 0 Å². The van der Waals surface area contributed by atoms with E-state index in [9.17, 15) is 0 Å². The van der Waals surface area contributed by atoms with E-state index in [1.165, 1.54) is 5.56 Å². The summed E-state index contributed by atoms with van der Waals surface area (Å²) in [5.41, 5.74) is 6.96. The van der Waals surface area contributed by atoms with E-state index in [-0.39, 0.29) is 6.10 Å². The van der Waals surface area contributed by atoms with Crippen LogP contribution in [0.4, 0.5) is 0 Å². The van der Waals surface area contributed by atoms with Crippen molar-refractivity contribution in [2.75, 3.05) is 0 Å². The van der Waals surface area contributed by atoms with Crippen LogP contribution in [0.3, 0.4) is 0 Å². The summed E-state index contributed by atoms with van der Waals surface area (Å²) in [6.45, 7) is 6.62. The Labute approximate surface area is 199 Å². The van der Waals surface area contributed by atoms with Crippen molar-refractivity contribution in [1.82, 2.24) is 15.0 Å². The Morgan fingerprint density at radius 2 is 1.68 bits per heavy atom. The minimum absolute atomic E-state index is 0.0123. The second kappa shape index (κ2) is 9.40. The zero-order valence-corrected chi connectivity index (χ0v) is 19.6. The summed E-state index contributed by atoms with van der Waals surface area (Å²) >= 11 is 0. The van der Waals surface area contributed by atoms with Crippen molar-refractivity contribution in [3.8, 4) is 34.0 Å². The van der Waals surface area contributed by atoms with Crippen molar-refractivity contribution in [1.29, 1.82) is 0 Å². The normalized spacial score (nSPS) is 11.2. The number of fused-ring (bicyclic) bond motifs is 1. The third-order valence-corrected chi connectivity index (χ3v) is 5.61. The third kappa shape index (κ3) is 4.64. The van der Waals surface area contributed by atoms with Crippen molar-refractivity contribution in [2.24, 2.45) is 0 Å². The van der Waals surface area contributed by atoms with E-state index in [0.29, 0.717) is 6.61 Å². The number of benzene rings is 3. The molecule has 3 aromatic carbocycles. The van der Waals surface area contributed by atoms with Crippen molar-refractivity contribution >= 4 is 11.2 Å². The molecule has 0 spiro atoms. The highest BCUT2D eigenvalue weighted by atomic mass is 16.5. The van der Waals surface area contributed by atoms with Gasteiger partial charge in [-0.15, -0.1) is 0 Å². The minimum Gasteiger partial charge on any atom is -0.490 e. The molecule has 0 atom stereocenters. The number of ether oxygens (including phenoxy) is 2. The fourth-order valence-electron chi connectivity index (χ4n) is 3.95. The van der Waals surface area contributed by atoms with Gasteiger partial charge in [0.1, 0.15) is 29.4 Å². The Balaban J connectivity index is 1.47. The fourth-order valence-corrected chi connectivity index (χ4v) is 3.95. The number of rotatable bonds is 7. The van der Waals surface area contributed by atoms with Gasteiger partial charge in [0.05, 0.1) is 11.7 Å². The average molecular weight is 450 g/mol. The van der Waals surface area contributed by atoms with Crippen LogP contribution in [-0.4, -0.2) is 21.1 Å². The van der Waals surface area contributed by atoms with E-state index in [2.05, 4.69) is 35.1 Å². The molecule has 0 aliphatic heterocycles. The molecule has 5 nitrogen and oxygen atoms in total. The molecule has 2 heterocycles. The van der Waals surface area contributed by atoms with Crippen molar-refractivity contribution in [3.05, 3.63) is 96.2 Å². The van der Waals surface area contributed by atoms with Gasteiger partial charge in [-0.05, 0) is 55.7 Å². The van der Waals surface area contributed by atoms with E-state index in [4.69, 9.17) is 14.5 Å². The first-order chi connectivity index (χ1) is 16.6. The highest BCUT2D eigenvalue weighted by Crippen LogP contribution is 2.34. The van der Waals surface area contributed by atoms with Crippen LogP contribution in [0.2, 0.25) is 0 Å². The van der Waals surface area contributed by atoms with Crippen molar-refractivity contribution in [3.63, 3.8) is 0 Å². The second-order valence-corrected chi connectivity index (χ2v) is 8.59. The summed E-state index contributed by atoms with van der Waals surface area (Å²) < 4.78 is 12.2. The predicted molar refractivity (Wildman–Crippen MR) is 136 cm³/mol. The largest absolute Gasteiger partial charge is 0.490 e. The van der Waals surface area contributed by atoms with Gasteiger partial charge in [0.2, 0.25) is 0 Å². The van der Waals surface area contributed by atoms with Gasteiger partial charge in [-0.2, -0.15) is 0 Å². The van der Waals surface area contributed by atoms with Gasteiger partial charge in [0, 0.05) is 17.8 Å². The van der Waals surface area contributed by atoms with Crippen molar-refractivity contribution in [2.45, 2.75) is 33.5 Å². The Bertz CT molecular complexity index is 1420. The highest BCUT2D eigenvalue weighted by Gasteiger charge is 2.15. The van der Waals surface area contributed by atoms with Crippen LogP contribution in [0.15, 0.2) is 85.1 Å². The minimum atomic E-state index is 0.0123. The monoisotopic (exact) mass is 449 g/mol. The number of hydrogen-bond donors (Lipinski definition) is 1. The number of aryl methyl sites for hydroxylation is 1.